The van der Waals surface area contributed by atoms with Gasteiger partial charge in [0.05, 0.1) is 13.2 Å². The summed E-state index contributed by atoms with van der Waals surface area (Å²) in [7, 11) is 3.46. The van der Waals surface area contributed by atoms with Crippen molar-refractivity contribution in [2.75, 3.05) is 73.5 Å². The van der Waals surface area contributed by atoms with E-state index in [-0.39, 0.29) is 18.6 Å². The summed E-state index contributed by atoms with van der Waals surface area (Å²) in [6, 6.07) is 28.2. The first-order chi connectivity index (χ1) is 25.4. The summed E-state index contributed by atoms with van der Waals surface area (Å²) in [6.07, 6.45) is 3.84. The predicted octanol–water partition coefficient (Wildman–Crippen LogP) is 7.06. The van der Waals surface area contributed by atoms with Gasteiger partial charge in [-0.3, -0.25) is 9.59 Å². The fourth-order valence-electron chi connectivity index (χ4n) is 6.71. The molecule has 1 fully saturated rings. The molecular weight excluding hydrogens is 654 g/mol. The van der Waals surface area contributed by atoms with Crippen molar-refractivity contribution in [1.29, 1.82) is 0 Å². The zero-order valence-electron chi connectivity index (χ0n) is 31.4. The molecule has 9 heteroatoms. The smallest absolute Gasteiger partial charge is 0.253 e. The summed E-state index contributed by atoms with van der Waals surface area (Å²) in [5.41, 5.74) is 4.89. The molecule has 0 radical (unpaired) electrons. The number of piperidine rings is 1. The Kier molecular flexibility index (Phi) is 15.0. The van der Waals surface area contributed by atoms with Crippen LogP contribution in [0.2, 0.25) is 0 Å². The highest BCUT2D eigenvalue weighted by Crippen LogP contribution is 2.25. The fraction of sp³-hybridized carbons (Fsp3) is 0.442. The van der Waals surface area contributed by atoms with Gasteiger partial charge in [0.15, 0.2) is 6.79 Å². The standard InChI is InChI=1S/C43H55N3O6/c1-5-46(24-23-45-21-8-7-9-22-45)43(48)41(51-6-2)28-33-13-15-35(16-14-33)36-12-10-11-34(27-36)31-44(3)42(47)39-18-17-38-30-40(20-19-37(38)29-39)52-32-50-26-25-49-4/h10-20,27,29-30,41H,5-9,21-26,28,31-32H2,1-4H3. The number of carbonyl (C=O) groups is 2. The number of methoxy groups -OCH3 is 1. The van der Waals surface area contributed by atoms with Crippen LogP contribution in [0.4, 0.5) is 0 Å². The highest BCUT2D eigenvalue weighted by atomic mass is 16.7. The lowest BCUT2D eigenvalue weighted by Gasteiger charge is -2.31. The van der Waals surface area contributed by atoms with Gasteiger partial charge < -0.3 is 33.6 Å². The Labute approximate surface area is 309 Å². The Hall–Kier alpha value is -4.28. The van der Waals surface area contributed by atoms with Gasteiger partial charge in [-0.05, 0) is 103 Å². The molecule has 278 valence electrons. The fourth-order valence-corrected chi connectivity index (χ4v) is 6.71. The highest BCUT2D eigenvalue weighted by molar-refractivity contribution is 5.98. The molecule has 0 aliphatic carbocycles. The molecular formula is C43H55N3O6. The van der Waals surface area contributed by atoms with E-state index in [2.05, 4.69) is 41.3 Å². The lowest BCUT2D eigenvalue weighted by molar-refractivity contribution is -0.143. The topological polar surface area (TPSA) is 80.8 Å². The molecule has 5 rings (SSSR count). The summed E-state index contributed by atoms with van der Waals surface area (Å²) in [6.45, 7) is 10.7. The van der Waals surface area contributed by atoms with Crippen molar-refractivity contribution in [3.8, 4) is 16.9 Å². The third-order valence-electron chi connectivity index (χ3n) is 9.67. The Bertz CT molecular complexity index is 1720. The van der Waals surface area contributed by atoms with Gasteiger partial charge in [0.1, 0.15) is 11.9 Å². The van der Waals surface area contributed by atoms with Crippen LogP contribution in [0.3, 0.4) is 0 Å². The van der Waals surface area contributed by atoms with Gasteiger partial charge in [-0.2, -0.15) is 0 Å². The summed E-state index contributed by atoms with van der Waals surface area (Å²) in [5.74, 6) is 0.729. The maximum atomic E-state index is 13.6. The van der Waals surface area contributed by atoms with E-state index in [0.29, 0.717) is 50.6 Å². The zero-order valence-corrected chi connectivity index (χ0v) is 31.4. The van der Waals surface area contributed by atoms with Crippen LogP contribution in [0.25, 0.3) is 21.9 Å². The first kappa shape index (κ1) is 38.9. The van der Waals surface area contributed by atoms with E-state index in [1.165, 1.54) is 19.3 Å². The predicted molar refractivity (Wildman–Crippen MR) is 207 cm³/mol. The van der Waals surface area contributed by atoms with Crippen LogP contribution in [0, 0.1) is 0 Å². The van der Waals surface area contributed by atoms with E-state index < -0.39 is 6.10 Å². The van der Waals surface area contributed by atoms with Crippen molar-refractivity contribution in [3.05, 3.63) is 102 Å². The van der Waals surface area contributed by atoms with Crippen molar-refractivity contribution in [2.45, 2.75) is 52.2 Å². The number of likely N-dealkylation sites (N-methyl/N-ethyl adjacent to an activating group) is 1. The minimum absolute atomic E-state index is 0.0462. The number of nitrogens with zero attached hydrogens (tertiary/aromatic N) is 3. The van der Waals surface area contributed by atoms with Crippen LogP contribution in [-0.2, 0) is 32.0 Å². The number of rotatable bonds is 19. The largest absolute Gasteiger partial charge is 0.468 e. The van der Waals surface area contributed by atoms with E-state index in [9.17, 15) is 9.59 Å². The lowest BCUT2D eigenvalue weighted by atomic mass is 9.99. The van der Waals surface area contributed by atoms with Gasteiger partial charge in [-0.25, -0.2) is 0 Å². The van der Waals surface area contributed by atoms with Crippen LogP contribution >= 0.6 is 0 Å². The molecule has 2 amide bonds. The Morgan fingerprint density at radius 1 is 0.827 bits per heavy atom. The molecule has 1 aliphatic heterocycles. The van der Waals surface area contributed by atoms with Gasteiger partial charge in [0.2, 0.25) is 0 Å². The number of ether oxygens (including phenoxy) is 4. The molecule has 0 bridgehead atoms. The molecule has 1 atom stereocenters. The molecule has 0 aromatic heterocycles. The molecule has 4 aromatic carbocycles. The monoisotopic (exact) mass is 709 g/mol. The molecule has 9 nitrogen and oxygen atoms in total. The number of hydrogen-bond acceptors (Lipinski definition) is 7. The van der Waals surface area contributed by atoms with E-state index in [4.69, 9.17) is 18.9 Å². The van der Waals surface area contributed by atoms with Gasteiger partial charge in [0.25, 0.3) is 11.8 Å². The van der Waals surface area contributed by atoms with Crippen LogP contribution in [0.1, 0.15) is 54.6 Å². The van der Waals surface area contributed by atoms with Crippen molar-refractivity contribution >= 4 is 22.6 Å². The summed E-state index contributed by atoms with van der Waals surface area (Å²) < 4.78 is 22.1. The number of benzene rings is 4. The number of likely N-dealkylation sites (tertiary alicyclic amines) is 1. The average molecular weight is 710 g/mol. The van der Waals surface area contributed by atoms with E-state index in [1.54, 1.807) is 12.0 Å². The van der Waals surface area contributed by atoms with Crippen LogP contribution in [0.15, 0.2) is 84.9 Å². The summed E-state index contributed by atoms with van der Waals surface area (Å²) in [4.78, 5) is 33.2. The Morgan fingerprint density at radius 2 is 1.60 bits per heavy atom. The molecule has 0 saturated carbocycles. The molecule has 52 heavy (non-hydrogen) atoms. The molecule has 1 saturated heterocycles. The molecule has 4 aromatic rings. The van der Waals surface area contributed by atoms with Gasteiger partial charge in [-0.1, -0.05) is 61.0 Å². The van der Waals surface area contributed by atoms with E-state index in [0.717, 1.165) is 59.2 Å². The van der Waals surface area contributed by atoms with Gasteiger partial charge in [-0.15, -0.1) is 0 Å². The quantitative estimate of drug-likeness (QED) is 0.0762. The summed E-state index contributed by atoms with van der Waals surface area (Å²) in [5, 5.41) is 1.95. The van der Waals surface area contributed by atoms with Crippen molar-refractivity contribution < 1.29 is 28.5 Å². The Balaban J connectivity index is 1.17. The molecule has 1 aliphatic rings. The summed E-state index contributed by atoms with van der Waals surface area (Å²) >= 11 is 0. The van der Waals surface area contributed by atoms with Crippen molar-refractivity contribution in [3.63, 3.8) is 0 Å². The number of amides is 2. The van der Waals surface area contributed by atoms with Crippen LogP contribution < -0.4 is 4.74 Å². The second-order valence-corrected chi connectivity index (χ2v) is 13.4. The highest BCUT2D eigenvalue weighted by Gasteiger charge is 2.25. The zero-order chi connectivity index (χ0) is 36.7. The van der Waals surface area contributed by atoms with Crippen molar-refractivity contribution in [1.82, 2.24) is 14.7 Å². The number of hydrogen-bond donors (Lipinski definition) is 0. The first-order valence-corrected chi connectivity index (χ1v) is 18.7. The van der Waals surface area contributed by atoms with Gasteiger partial charge in [0, 0.05) is 58.9 Å². The minimum Gasteiger partial charge on any atom is -0.468 e. The molecule has 0 N–H and O–H groups in total. The molecule has 0 spiro atoms. The number of carbonyl (C=O) groups excluding carboxylic acids is 2. The third-order valence-corrected chi connectivity index (χ3v) is 9.67. The minimum atomic E-state index is -0.501. The lowest BCUT2D eigenvalue weighted by Crippen LogP contribution is -2.45. The maximum absolute atomic E-state index is 13.6. The van der Waals surface area contributed by atoms with Crippen LogP contribution in [0.5, 0.6) is 5.75 Å². The van der Waals surface area contributed by atoms with E-state index >= 15 is 0 Å². The third kappa shape index (κ3) is 11.1. The molecule has 1 unspecified atom stereocenters. The number of fused-ring (bicyclic) bond motifs is 1. The van der Waals surface area contributed by atoms with Crippen molar-refractivity contribution in [2.24, 2.45) is 0 Å². The first-order valence-electron chi connectivity index (χ1n) is 18.7. The average Bonchev–Trinajstić information content (AvgIpc) is 3.18. The van der Waals surface area contributed by atoms with E-state index in [1.807, 2.05) is 74.3 Å². The van der Waals surface area contributed by atoms with Crippen LogP contribution in [-0.4, -0.2) is 106 Å². The normalized spacial score (nSPS) is 13.9. The molecule has 1 heterocycles. The maximum Gasteiger partial charge on any atom is 0.253 e. The Morgan fingerprint density at radius 3 is 2.35 bits per heavy atom. The van der Waals surface area contributed by atoms with Gasteiger partial charge >= 0.3 is 0 Å². The second-order valence-electron chi connectivity index (χ2n) is 13.4. The SMILES string of the molecule is CCOC(Cc1ccc(-c2cccc(CN(C)C(=O)c3ccc4cc(OCOCCOC)ccc4c3)c2)cc1)C(=O)N(CC)CCN1CCCCC1. The second kappa shape index (κ2) is 20.1.